The van der Waals surface area contributed by atoms with Gasteiger partial charge in [0.05, 0.1) is 5.69 Å². The lowest BCUT2D eigenvalue weighted by Gasteiger charge is -2.14. The zero-order valence-electron chi connectivity index (χ0n) is 27.8. The van der Waals surface area contributed by atoms with E-state index in [2.05, 4.69) is 175 Å². The highest BCUT2D eigenvalue weighted by atomic mass is 15.5. The molecule has 240 valence electrons. The summed E-state index contributed by atoms with van der Waals surface area (Å²) in [5.74, 6) is 0. The molecule has 0 aliphatic carbocycles. The molecule has 2 heterocycles. The molecule has 0 aliphatic rings. The van der Waals surface area contributed by atoms with Crippen LogP contribution in [0.5, 0.6) is 0 Å². The molecule has 0 bridgehead atoms. The molecule has 0 saturated heterocycles. The number of benzene rings is 7. The van der Waals surface area contributed by atoms with Crippen LogP contribution in [0.4, 0.5) is 0 Å². The van der Waals surface area contributed by atoms with E-state index in [0.29, 0.717) is 0 Å². The van der Waals surface area contributed by atoms with Gasteiger partial charge >= 0.3 is 0 Å². The fraction of sp³-hybridized carbons (Fsp3) is 0. The molecule has 9 aromatic rings. The molecule has 0 N–H and O–H groups in total. The van der Waals surface area contributed by atoms with Crippen molar-refractivity contribution >= 4 is 11.0 Å². The van der Waals surface area contributed by atoms with Crippen molar-refractivity contribution in [2.24, 2.45) is 0 Å². The summed E-state index contributed by atoms with van der Waals surface area (Å²) in [7, 11) is 0. The highest BCUT2D eigenvalue weighted by Crippen LogP contribution is 2.40. The molecule has 0 amide bonds. The molecular formula is C47H32N4. The SMILES string of the molecule is c1ccc(-c2cc(-c3ccccc3)cc(-c3cc(-c4cc(-c5ccccc5)cc(-c5ccccc5)c4)c4nn(-c5ccncc5)nc4c3)c2)cc1. The molecule has 0 spiro atoms. The maximum Gasteiger partial charge on any atom is 0.121 e. The summed E-state index contributed by atoms with van der Waals surface area (Å²) < 4.78 is 0. The summed E-state index contributed by atoms with van der Waals surface area (Å²) in [6, 6.07) is 64.3. The van der Waals surface area contributed by atoms with Crippen LogP contribution < -0.4 is 0 Å². The molecule has 0 aliphatic heterocycles. The molecule has 0 fully saturated rings. The minimum Gasteiger partial charge on any atom is -0.265 e. The van der Waals surface area contributed by atoms with Gasteiger partial charge in [-0.25, -0.2) is 0 Å². The number of nitrogens with zero attached hydrogens (tertiary/aromatic N) is 4. The van der Waals surface area contributed by atoms with Crippen molar-refractivity contribution in [3.05, 3.63) is 194 Å². The number of rotatable bonds is 7. The number of hydrogen-bond acceptors (Lipinski definition) is 3. The van der Waals surface area contributed by atoms with E-state index in [9.17, 15) is 0 Å². The Morgan fingerprint density at radius 3 is 1.12 bits per heavy atom. The fourth-order valence-electron chi connectivity index (χ4n) is 6.77. The molecule has 0 saturated carbocycles. The van der Waals surface area contributed by atoms with Gasteiger partial charge in [0.2, 0.25) is 0 Å². The first kappa shape index (κ1) is 30.2. The second-order valence-corrected chi connectivity index (χ2v) is 12.6. The van der Waals surface area contributed by atoms with Gasteiger partial charge in [0.25, 0.3) is 0 Å². The topological polar surface area (TPSA) is 43.6 Å². The Kier molecular flexibility index (Phi) is 7.80. The highest BCUT2D eigenvalue weighted by molar-refractivity contribution is 5.98. The lowest BCUT2D eigenvalue weighted by atomic mass is 9.90. The average molecular weight is 653 g/mol. The lowest BCUT2D eigenvalue weighted by Crippen LogP contribution is -1.98. The molecule has 2 aromatic heterocycles. The van der Waals surface area contributed by atoms with Gasteiger partial charge in [0, 0.05) is 18.0 Å². The summed E-state index contributed by atoms with van der Waals surface area (Å²) in [6.45, 7) is 0. The zero-order chi connectivity index (χ0) is 34.0. The van der Waals surface area contributed by atoms with Crippen LogP contribution in [0.15, 0.2) is 194 Å². The monoisotopic (exact) mass is 652 g/mol. The summed E-state index contributed by atoms with van der Waals surface area (Å²) in [6.07, 6.45) is 3.54. The third-order valence-corrected chi connectivity index (χ3v) is 9.32. The van der Waals surface area contributed by atoms with Gasteiger partial charge in [-0.05, 0) is 122 Å². The largest absolute Gasteiger partial charge is 0.265 e. The number of fused-ring (bicyclic) bond motifs is 1. The quantitative estimate of drug-likeness (QED) is 0.172. The lowest BCUT2D eigenvalue weighted by molar-refractivity contribution is 0.764. The van der Waals surface area contributed by atoms with E-state index in [1.165, 1.54) is 11.1 Å². The Bertz CT molecular complexity index is 2480. The van der Waals surface area contributed by atoms with Gasteiger partial charge in [-0.2, -0.15) is 4.80 Å². The van der Waals surface area contributed by atoms with Crippen molar-refractivity contribution in [1.29, 1.82) is 0 Å². The van der Waals surface area contributed by atoms with E-state index in [4.69, 9.17) is 10.2 Å². The van der Waals surface area contributed by atoms with Gasteiger partial charge in [0.15, 0.2) is 0 Å². The predicted octanol–water partition coefficient (Wildman–Crippen LogP) is 11.8. The van der Waals surface area contributed by atoms with Crippen LogP contribution in [0, 0.1) is 0 Å². The van der Waals surface area contributed by atoms with Crippen molar-refractivity contribution in [3.8, 4) is 72.4 Å². The minimum atomic E-state index is 0.817. The maximum atomic E-state index is 5.11. The van der Waals surface area contributed by atoms with E-state index < -0.39 is 0 Å². The Morgan fingerprint density at radius 2 is 0.686 bits per heavy atom. The molecule has 0 radical (unpaired) electrons. The van der Waals surface area contributed by atoms with E-state index in [0.717, 1.165) is 72.4 Å². The van der Waals surface area contributed by atoms with Crippen LogP contribution in [0.3, 0.4) is 0 Å². The summed E-state index contributed by atoms with van der Waals surface area (Å²) in [5.41, 5.74) is 16.0. The van der Waals surface area contributed by atoms with E-state index in [1.807, 2.05) is 12.1 Å². The molecule has 4 heteroatoms. The molecular weight excluding hydrogens is 621 g/mol. The first-order valence-corrected chi connectivity index (χ1v) is 17.1. The van der Waals surface area contributed by atoms with Crippen molar-refractivity contribution in [2.45, 2.75) is 0 Å². The molecule has 9 rings (SSSR count). The zero-order valence-corrected chi connectivity index (χ0v) is 27.8. The van der Waals surface area contributed by atoms with Crippen LogP contribution in [-0.2, 0) is 0 Å². The second kappa shape index (κ2) is 13.2. The molecule has 4 nitrogen and oxygen atoms in total. The Labute approximate surface area is 297 Å². The van der Waals surface area contributed by atoms with Gasteiger partial charge in [-0.3, -0.25) is 4.98 Å². The third kappa shape index (κ3) is 6.11. The van der Waals surface area contributed by atoms with Gasteiger partial charge in [-0.15, -0.1) is 10.2 Å². The summed E-state index contributed by atoms with van der Waals surface area (Å²) in [5, 5.41) is 10.2. The number of hydrogen-bond donors (Lipinski definition) is 0. The van der Waals surface area contributed by atoms with Crippen molar-refractivity contribution in [2.75, 3.05) is 0 Å². The normalized spacial score (nSPS) is 11.1. The van der Waals surface area contributed by atoms with E-state index >= 15 is 0 Å². The summed E-state index contributed by atoms with van der Waals surface area (Å²) in [4.78, 5) is 5.94. The smallest absolute Gasteiger partial charge is 0.121 e. The van der Waals surface area contributed by atoms with Crippen LogP contribution >= 0.6 is 0 Å². The van der Waals surface area contributed by atoms with Crippen molar-refractivity contribution < 1.29 is 0 Å². The second-order valence-electron chi connectivity index (χ2n) is 12.6. The predicted molar refractivity (Wildman–Crippen MR) is 209 cm³/mol. The first-order chi connectivity index (χ1) is 25.2. The first-order valence-electron chi connectivity index (χ1n) is 17.1. The van der Waals surface area contributed by atoms with E-state index in [1.54, 1.807) is 17.2 Å². The van der Waals surface area contributed by atoms with Crippen LogP contribution in [0.2, 0.25) is 0 Å². The number of aromatic nitrogens is 4. The molecule has 0 unspecified atom stereocenters. The molecule has 51 heavy (non-hydrogen) atoms. The third-order valence-electron chi connectivity index (χ3n) is 9.32. The average Bonchev–Trinajstić information content (AvgIpc) is 3.66. The number of pyridine rings is 1. The molecule has 0 atom stereocenters. The Morgan fingerprint density at radius 1 is 0.314 bits per heavy atom. The Hall–Kier alpha value is -6.91. The van der Waals surface area contributed by atoms with Crippen molar-refractivity contribution in [1.82, 2.24) is 20.0 Å². The molecule has 7 aromatic carbocycles. The van der Waals surface area contributed by atoms with Crippen LogP contribution in [0.25, 0.3) is 83.5 Å². The minimum absolute atomic E-state index is 0.817. The van der Waals surface area contributed by atoms with E-state index in [-0.39, 0.29) is 0 Å². The Balaban J connectivity index is 1.31. The van der Waals surface area contributed by atoms with Crippen molar-refractivity contribution in [3.63, 3.8) is 0 Å². The van der Waals surface area contributed by atoms with Crippen LogP contribution in [0.1, 0.15) is 0 Å². The van der Waals surface area contributed by atoms with Gasteiger partial charge in [-0.1, -0.05) is 121 Å². The highest BCUT2D eigenvalue weighted by Gasteiger charge is 2.17. The summed E-state index contributed by atoms with van der Waals surface area (Å²) >= 11 is 0. The fourth-order valence-corrected chi connectivity index (χ4v) is 6.77. The van der Waals surface area contributed by atoms with Gasteiger partial charge < -0.3 is 0 Å². The standard InChI is InChI=1S/C47H32N4/c1-5-13-33(14-6-1)37-25-38(34-15-7-2-8-16-34)28-41(27-37)42-31-45(47-46(32-42)49-51(50-47)44-21-23-48-24-22-44)43-29-39(35-17-9-3-10-18-35)26-40(30-43)36-19-11-4-12-20-36/h1-32H. The van der Waals surface area contributed by atoms with Crippen LogP contribution in [-0.4, -0.2) is 20.0 Å². The van der Waals surface area contributed by atoms with Gasteiger partial charge in [0.1, 0.15) is 11.0 Å². The maximum absolute atomic E-state index is 5.11.